The molecular formula is C24H28N2O6. The fourth-order valence-corrected chi connectivity index (χ4v) is 3.44. The second-order valence-electron chi connectivity index (χ2n) is 7.57. The third-order valence-corrected chi connectivity index (χ3v) is 5.30. The molecular weight excluding hydrogens is 412 g/mol. The average molecular weight is 440 g/mol. The molecule has 1 N–H and O–H groups in total. The Morgan fingerprint density at radius 3 is 2.34 bits per heavy atom. The van der Waals surface area contributed by atoms with Crippen LogP contribution in [0.15, 0.2) is 42.5 Å². The van der Waals surface area contributed by atoms with E-state index >= 15 is 0 Å². The quantitative estimate of drug-likeness (QED) is 0.603. The van der Waals surface area contributed by atoms with Gasteiger partial charge in [-0.1, -0.05) is 18.2 Å². The number of amides is 2. The number of ether oxygens (including phenoxy) is 3. The van der Waals surface area contributed by atoms with E-state index in [0.717, 1.165) is 24.1 Å². The third-order valence-electron chi connectivity index (χ3n) is 5.30. The van der Waals surface area contributed by atoms with E-state index < -0.39 is 18.0 Å². The lowest BCUT2D eigenvalue weighted by Crippen LogP contribution is -2.35. The third kappa shape index (κ3) is 5.78. The van der Waals surface area contributed by atoms with Crippen molar-refractivity contribution in [1.29, 1.82) is 0 Å². The van der Waals surface area contributed by atoms with Crippen molar-refractivity contribution in [1.82, 2.24) is 10.2 Å². The molecule has 1 aliphatic heterocycles. The average Bonchev–Trinajstić information content (AvgIpc) is 3.21. The summed E-state index contributed by atoms with van der Waals surface area (Å²) in [5, 5.41) is 2.75. The molecule has 2 aromatic carbocycles. The van der Waals surface area contributed by atoms with Gasteiger partial charge < -0.3 is 24.4 Å². The van der Waals surface area contributed by atoms with E-state index in [9.17, 15) is 14.4 Å². The fourth-order valence-electron chi connectivity index (χ4n) is 3.44. The van der Waals surface area contributed by atoms with Crippen LogP contribution in [0.4, 0.5) is 0 Å². The number of benzene rings is 2. The van der Waals surface area contributed by atoms with Crippen LogP contribution in [-0.2, 0) is 27.4 Å². The summed E-state index contributed by atoms with van der Waals surface area (Å²) in [5.74, 6) is 0.334. The molecule has 0 aromatic heterocycles. The molecule has 1 atom stereocenters. The molecule has 0 spiro atoms. The zero-order chi connectivity index (χ0) is 23.1. The predicted octanol–water partition coefficient (Wildman–Crippen LogP) is 2.69. The van der Waals surface area contributed by atoms with Gasteiger partial charge in [-0.2, -0.15) is 0 Å². The zero-order valence-corrected chi connectivity index (χ0v) is 18.6. The largest absolute Gasteiger partial charge is 0.493 e. The summed E-state index contributed by atoms with van der Waals surface area (Å²) in [5.41, 5.74) is 2.11. The highest BCUT2D eigenvalue weighted by Gasteiger charge is 2.21. The monoisotopic (exact) mass is 440 g/mol. The molecule has 32 heavy (non-hydrogen) atoms. The first-order chi connectivity index (χ1) is 15.4. The first-order valence-electron chi connectivity index (χ1n) is 10.5. The van der Waals surface area contributed by atoms with Crippen LogP contribution in [0.2, 0.25) is 0 Å². The van der Waals surface area contributed by atoms with Gasteiger partial charge in [-0.25, -0.2) is 4.79 Å². The number of methoxy groups -OCH3 is 2. The van der Waals surface area contributed by atoms with E-state index in [1.807, 2.05) is 6.07 Å². The Balaban J connectivity index is 1.50. The molecule has 2 aromatic rings. The van der Waals surface area contributed by atoms with Crippen molar-refractivity contribution in [2.75, 3.05) is 20.8 Å². The number of rotatable bonds is 9. The van der Waals surface area contributed by atoms with Gasteiger partial charge in [0, 0.05) is 26.1 Å². The Morgan fingerprint density at radius 2 is 1.72 bits per heavy atom. The molecule has 1 heterocycles. The van der Waals surface area contributed by atoms with E-state index in [2.05, 4.69) is 5.32 Å². The molecule has 1 unspecified atom stereocenters. The second-order valence-corrected chi connectivity index (χ2v) is 7.57. The number of carbonyl (C=O) groups excluding carboxylic acids is 3. The summed E-state index contributed by atoms with van der Waals surface area (Å²) in [7, 11) is 3.09. The van der Waals surface area contributed by atoms with Gasteiger partial charge in [0.15, 0.2) is 17.6 Å². The van der Waals surface area contributed by atoms with Crippen LogP contribution in [0, 0.1) is 0 Å². The van der Waals surface area contributed by atoms with Crippen molar-refractivity contribution in [2.45, 2.75) is 39.0 Å². The zero-order valence-electron chi connectivity index (χ0n) is 18.6. The Labute approximate surface area is 187 Å². The molecule has 0 radical (unpaired) electrons. The first-order valence-corrected chi connectivity index (χ1v) is 10.5. The molecule has 0 aliphatic carbocycles. The number of nitrogens with one attached hydrogen (secondary N) is 1. The molecule has 8 nitrogen and oxygen atoms in total. The standard InChI is InChI=1S/C24H28N2O6/c1-16(23(28)25-14-18-8-11-20(30-2)21(13-18)31-3)32-24(29)19-9-6-17(7-10-19)15-26-12-4-5-22(26)27/h6-11,13,16H,4-5,12,14-15H2,1-3H3,(H,25,28). The van der Waals surface area contributed by atoms with Gasteiger partial charge >= 0.3 is 5.97 Å². The summed E-state index contributed by atoms with van der Waals surface area (Å²) in [6, 6.07) is 12.2. The predicted molar refractivity (Wildman–Crippen MR) is 117 cm³/mol. The van der Waals surface area contributed by atoms with E-state index in [0.29, 0.717) is 30.0 Å². The molecule has 1 saturated heterocycles. The van der Waals surface area contributed by atoms with Crippen LogP contribution >= 0.6 is 0 Å². The minimum Gasteiger partial charge on any atom is -0.493 e. The molecule has 8 heteroatoms. The molecule has 0 saturated carbocycles. The first kappa shape index (κ1) is 23.1. The van der Waals surface area contributed by atoms with Gasteiger partial charge in [0.1, 0.15) is 0 Å². The molecule has 3 rings (SSSR count). The number of nitrogens with zero attached hydrogens (tertiary/aromatic N) is 1. The molecule has 0 bridgehead atoms. The Morgan fingerprint density at radius 1 is 1.03 bits per heavy atom. The highest BCUT2D eigenvalue weighted by atomic mass is 16.5. The van der Waals surface area contributed by atoms with Gasteiger partial charge in [0.25, 0.3) is 5.91 Å². The molecule has 170 valence electrons. The Bertz CT molecular complexity index is 973. The van der Waals surface area contributed by atoms with E-state index in [1.165, 1.54) is 6.92 Å². The smallest absolute Gasteiger partial charge is 0.338 e. The Kier molecular flexibility index (Phi) is 7.70. The number of carbonyl (C=O) groups is 3. The lowest BCUT2D eigenvalue weighted by atomic mass is 10.1. The van der Waals surface area contributed by atoms with Crippen molar-refractivity contribution < 1.29 is 28.6 Å². The molecule has 1 fully saturated rings. The highest BCUT2D eigenvalue weighted by molar-refractivity contribution is 5.92. The summed E-state index contributed by atoms with van der Waals surface area (Å²) in [6.07, 6.45) is 0.524. The van der Waals surface area contributed by atoms with Gasteiger partial charge in [-0.05, 0) is 48.7 Å². The van der Waals surface area contributed by atoms with Gasteiger partial charge in [0.2, 0.25) is 5.91 Å². The summed E-state index contributed by atoms with van der Waals surface area (Å²) < 4.78 is 15.8. The van der Waals surface area contributed by atoms with Crippen molar-refractivity contribution in [2.24, 2.45) is 0 Å². The topological polar surface area (TPSA) is 94.2 Å². The highest BCUT2D eigenvalue weighted by Crippen LogP contribution is 2.27. The summed E-state index contributed by atoms with van der Waals surface area (Å²) >= 11 is 0. The van der Waals surface area contributed by atoms with E-state index in [1.54, 1.807) is 55.5 Å². The van der Waals surface area contributed by atoms with E-state index in [4.69, 9.17) is 14.2 Å². The van der Waals surface area contributed by atoms with Crippen LogP contribution in [0.1, 0.15) is 41.3 Å². The van der Waals surface area contributed by atoms with Crippen LogP contribution in [0.5, 0.6) is 11.5 Å². The number of esters is 1. The van der Waals surface area contributed by atoms with Gasteiger partial charge in [0.05, 0.1) is 19.8 Å². The Hall–Kier alpha value is -3.55. The van der Waals surface area contributed by atoms with Crippen LogP contribution < -0.4 is 14.8 Å². The van der Waals surface area contributed by atoms with Crippen molar-refractivity contribution in [3.63, 3.8) is 0 Å². The normalized spacial score (nSPS) is 14.1. The van der Waals surface area contributed by atoms with Crippen LogP contribution in [0.3, 0.4) is 0 Å². The van der Waals surface area contributed by atoms with Gasteiger partial charge in [-0.3, -0.25) is 9.59 Å². The lowest BCUT2D eigenvalue weighted by Gasteiger charge is -2.16. The van der Waals surface area contributed by atoms with Crippen LogP contribution in [0.25, 0.3) is 0 Å². The number of hydrogen-bond donors (Lipinski definition) is 1. The number of likely N-dealkylation sites (tertiary alicyclic amines) is 1. The van der Waals surface area contributed by atoms with Crippen molar-refractivity contribution in [3.8, 4) is 11.5 Å². The minimum absolute atomic E-state index is 0.154. The SMILES string of the molecule is COc1ccc(CNC(=O)C(C)OC(=O)c2ccc(CN3CCCC3=O)cc2)cc1OC. The fraction of sp³-hybridized carbons (Fsp3) is 0.375. The van der Waals surface area contributed by atoms with E-state index in [-0.39, 0.29) is 12.5 Å². The molecule has 1 aliphatic rings. The van der Waals surface area contributed by atoms with Crippen molar-refractivity contribution in [3.05, 3.63) is 59.2 Å². The van der Waals surface area contributed by atoms with Gasteiger partial charge in [-0.15, -0.1) is 0 Å². The maximum absolute atomic E-state index is 12.4. The lowest BCUT2D eigenvalue weighted by molar-refractivity contribution is -0.129. The number of hydrogen-bond acceptors (Lipinski definition) is 6. The molecule has 2 amide bonds. The summed E-state index contributed by atoms with van der Waals surface area (Å²) in [6.45, 7) is 3.07. The maximum Gasteiger partial charge on any atom is 0.338 e. The second kappa shape index (κ2) is 10.7. The summed E-state index contributed by atoms with van der Waals surface area (Å²) in [4.78, 5) is 38.3. The van der Waals surface area contributed by atoms with Crippen LogP contribution in [-0.4, -0.2) is 49.6 Å². The van der Waals surface area contributed by atoms with Crippen molar-refractivity contribution >= 4 is 17.8 Å². The maximum atomic E-state index is 12.4. The minimum atomic E-state index is -0.954.